The predicted octanol–water partition coefficient (Wildman–Crippen LogP) is 3.57. The topological polar surface area (TPSA) is 0 Å². The second-order valence-electron chi connectivity index (χ2n) is 2.37. The lowest BCUT2D eigenvalue weighted by Gasteiger charge is -1.97. The largest absolute Gasteiger partial charge is 0.151 e. The molecule has 58 valence electrons. The van der Waals surface area contributed by atoms with E-state index in [-0.39, 0.29) is 0 Å². The summed E-state index contributed by atoms with van der Waals surface area (Å²) in [6, 6.07) is 0. The van der Waals surface area contributed by atoms with Crippen molar-refractivity contribution in [1.29, 1.82) is 0 Å². The van der Waals surface area contributed by atoms with E-state index in [9.17, 15) is 0 Å². The summed E-state index contributed by atoms with van der Waals surface area (Å²) in [5.41, 5.74) is 1.25. The molecule has 0 N–H and O–H groups in total. The van der Waals surface area contributed by atoms with Gasteiger partial charge in [-0.2, -0.15) is 12.6 Å². The van der Waals surface area contributed by atoms with Crippen LogP contribution in [0.4, 0.5) is 0 Å². The average molecular weight is 156 g/mol. The normalized spacial score (nSPS) is 11.6. The van der Waals surface area contributed by atoms with Gasteiger partial charge in [-0.05, 0) is 23.8 Å². The molecule has 0 aliphatic heterocycles. The highest BCUT2D eigenvalue weighted by molar-refractivity contribution is 7.83. The molecule has 0 nitrogen and oxygen atoms in total. The van der Waals surface area contributed by atoms with Crippen LogP contribution in [0.3, 0.4) is 0 Å². The van der Waals surface area contributed by atoms with Gasteiger partial charge in [0.1, 0.15) is 0 Å². The van der Waals surface area contributed by atoms with Crippen molar-refractivity contribution in [2.24, 2.45) is 0 Å². The maximum absolute atomic E-state index is 4.06. The van der Waals surface area contributed by atoms with E-state index in [1.807, 2.05) is 11.5 Å². The van der Waals surface area contributed by atoms with Gasteiger partial charge in [0.25, 0.3) is 0 Å². The summed E-state index contributed by atoms with van der Waals surface area (Å²) in [6.45, 7) is 5.90. The van der Waals surface area contributed by atoms with Crippen molar-refractivity contribution in [2.45, 2.75) is 32.6 Å². The summed E-state index contributed by atoms with van der Waals surface area (Å²) in [4.78, 5) is 0. The molecule has 0 aliphatic carbocycles. The van der Waals surface area contributed by atoms with Crippen LogP contribution in [-0.2, 0) is 0 Å². The van der Waals surface area contributed by atoms with E-state index in [2.05, 4.69) is 26.1 Å². The molecule has 0 unspecified atom stereocenters. The van der Waals surface area contributed by atoms with E-state index in [0.717, 1.165) is 6.42 Å². The van der Waals surface area contributed by atoms with Crippen molar-refractivity contribution in [1.82, 2.24) is 0 Å². The van der Waals surface area contributed by atoms with E-state index in [0.29, 0.717) is 0 Å². The minimum atomic E-state index is 1.13. The Balaban J connectivity index is 3.36. The van der Waals surface area contributed by atoms with Crippen molar-refractivity contribution < 1.29 is 0 Å². The van der Waals surface area contributed by atoms with Crippen LogP contribution in [0.2, 0.25) is 0 Å². The van der Waals surface area contributed by atoms with E-state index in [1.54, 1.807) is 0 Å². The summed E-state index contributed by atoms with van der Waals surface area (Å²) in [7, 11) is 0. The molecule has 0 atom stereocenters. The molecule has 0 saturated carbocycles. The molecule has 0 radical (unpaired) electrons. The van der Waals surface area contributed by atoms with E-state index >= 15 is 0 Å². The Morgan fingerprint density at radius 2 is 2.20 bits per heavy atom. The molecule has 0 aliphatic rings. The summed E-state index contributed by atoms with van der Waals surface area (Å²) in [6.07, 6.45) is 6.84. The second-order valence-corrected chi connectivity index (χ2v) is 2.62. The third-order valence-electron chi connectivity index (χ3n) is 1.50. The number of unbranched alkanes of at least 4 members (excludes halogenated alkanes) is 2. The van der Waals surface area contributed by atoms with Gasteiger partial charge in [-0.1, -0.05) is 32.4 Å². The van der Waals surface area contributed by atoms with E-state index < -0.39 is 0 Å². The van der Waals surface area contributed by atoms with Crippen molar-refractivity contribution in [3.8, 4) is 0 Å². The van der Waals surface area contributed by atoms with Gasteiger partial charge in [0.15, 0.2) is 0 Å². The van der Waals surface area contributed by atoms with Crippen LogP contribution in [0.1, 0.15) is 32.6 Å². The molecule has 0 aromatic heterocycles. The predicted molar refractivity (Wildman–Crippen MR) is 51.4 cm³/mol. The average Bonchev–Trinajstić information content (AvgIpc) is 1.99. The molecule has 10 heavy (non-hydrogen) atoms. The Hall–Kier alpha value is -0.170. The van der Waals surface area contributed by atoms with Crippen molar-refractivity contribution in [3.63, 3.8) is 0 Å². The highest BCUT2D eigenvalue weighted by Gasteiger charge is 1.89. The van der Waals surface area contributed by atoms with E-state index in [4.69, 9.17) is 0 Å². The summed E-state index contributed by atoms with van der Waals surface area (Å²) in [5, 5.41) is 1.84. The highest BCUT2D eigenvalue weighted by Crippen LogP contribution is 2.09. The third kappa shape index (κ3) is 4.68. The number of rotatable bonds is 5. The van der Waals surface area contributed by atoms with Crippen LogP contribution >= 0.6 is 12.6 Å². The molecular formula is C9H16S. The maximum atomic E-state index is 4.06. The van der Waals surface area contributed by atoms with Gasteiger partial charge in [-0.15, -0.1) is 0 Å². The van der Waals surface area contributed by atoms with Gasteiger partial charge in [0, 0.05) is 0 Å². The quantitative estimate of drug-likeness (QED) is 0.351. The first-order chi connectivity index (χ1) is 4.85. The third-order valence-corrected chi connectivity index (χ3v) is 1.83. The first kappa shape index (κ1) is 9.83. The van der Waals surface area contributed by atoms with Gasteiger partial charge in [-0.3, -0.25) is 0 Å². The van der Waals surface area contributed by atoms with Crippen LogP contribution in [-0.4, -0.2) is 0 Å². The fourth-order valence-corrected chi connectivity index (χ4v) is 1.03. The van der Waals surface area contributed by atoms with Crippen molar-refractivity contribution in [2.75, 3.05) is 0 Å². The SMILES string of the molecule is C=C/C(=C\S)CCCCC. The lowest BCUT2D eigenvalue weighted by atomic mass is 10.1. The number of thiol groups is 1. The monoisotopic (exact) mass is 156 g/mol. The second kappa shape index (κ2) is 6.94. The zero-order valence-electron chi connectivity index (χ0n) is 6.64. The fraction of sp³-hybridized carbons (Fsp3) is 0.556. The van der Waals surface area contributed by atoms with Crippen LogP contribution in [0, 0.1) is 0 Å². The molecule has 0 heterocycles. The molecule has 0 spiro atoms. The molecule has 0 rings (SSSR count). The van der Waals surface area contributed by atoms with E-state index in [1.165, 1.54) is 24.8 Å². The standard InChI is InChI=1S/C9H16S/c1-3-5-6-7-9(4-2)8-10/h4,8,10H,2-3,5-7H2,1H3/b9-8+. The molecule has 1 heteroatoms. The Kier molecular flexibility index (Phi) is 6.83. The maximum Gasteiger partial charge on any atom is -0.0274 e. The Bertz CT molecular complexity index is 114. The van der Waals surface area contributed by atoms with Crippen molar-refractivity contribution in [3.05, 3.63) is 23.6 Å². The van der Waals surface area contributed by atoms with Gasteiger partial charge < -0.3 is 0 Å². The first-order valence-electron chi connectivity index (χ1n) is 3.80. The zero-order chi connectivity index (χ0) is 7.82. The molecule has 0 fully saturated rings. The smallest absolute Gasteiger partial charge is 0.0274 e. The Morgan fingerprint density at radius 3 is 2.60 bits per heavy atom. The summed E-state index contributed by atoms with van der Waals surface area (Å²) < 4.78 is 0. The number of hydrogen-bond acceptors (Lipinski definition) is 1. The van der Waals surface area contributed by atoms with Crippen LogP contribution in [0.15, 0.2) is 23.6 Å². The fourth-order valence-electron chi connectivity index (χ4n) is 0.798. The minimum absolute atomic E-state index is 1.13. The van der Waals surface area contributed by atoms with Crippen LogP contribution in [0.5, 0.6) is 0 Å². The lowest BCUT2D eigenvalue weighted by Crippen LogP contribution is -1.77. The molecule has 0 amide bonds. The number of hydrogen-bond donors (Lipinski definition) is 1. The minimum Gasteiger partial charge on any atom is -0.151 e. The molecule has 0 aromatic carbocycles. The Labute approximate surface area is 69.4 Å². The lowest BCUT2D eigenvalue weighted by molar-refractivity contribution is 0.720. The highest BCUT2D eigenvalue weighted by atomic mass is 32.1. The first-order valence-corrected chi connectivity index (χ1v) is 4.32. The molecule has 0 aromatic rings. The van der Waals surface area contributed by atoms with Gasteiger partial charge in [0.05, 0.1) is 0 Å². The van der Waals surface area contributed by atoms with Gasteiger partial charge >= 0.3 is 0 Å². The molecule has 0 saturated heterocycles. The number of allylic oxidation sites excluding steroid dienone is 2. The van der Waals surface area contributed by atoms with Crippen molar-refractivity contribution >= 4 is 12.6 Å². The van der Waals surface area contributed by atoms with Crippen LogP contribution in [0.25, 0.3) is 0 Å². The van der Waals surface area contributed by atoms with Gasteiger partial charge in [0.2, 0.25) is 0 Å². The summed E-state index contributed by atoms with van der Waals surface area (Å²) >= 11 is 4.06. The molecular weight excluding hydrogens is 140 g/mol. The Morgan fingerprint density at radius 1 is 1.50 bits per heavy atom. The summed E-state index contributed by atoms with van der Waals surface area (Å²) in [5.74, 6) is 0. The van der Waals surface area contributed by atoms with Gasteiger partial charge in [-0.25, -0.2) is 0 Å². The van der Waals surface area contributed by atoms with Crippen LogP contribution < -0.4 is 0 Å². The molecule has 0 bridgehead atoms. The zero-order valence-corrected chi connectivity index (χ0v) is 7.53.